The summed E-state index contributed by atoms with van der Waals surface area (Å²) in [4.78, 5) is 12.1. The van der Waals surface area contributed by atoms with Crippen LogP contribution in [0.4, 0.5) is 0 Å². The standard InChI is InChI=1S/C17H26N2O3S/c1-3-4-13(2)18-17(20)12-7-14-5-10-16(11-6-14)23(21,22)19-15-8-9-15/h5-6,10-11,13,15,19H,3-4,7-9,12H2,1-2H3,(H,18,20)/t13-/m1/s1. The van der Waals surface area contributed by atoms with Crippen molar-refractivity contribution in [3.8, 4) is 0 Å². The monoisotopic (exact) mass is 338 g/mol. The van der Waals surface area contributed by atoms with E-state index in [0.717, 1.165) is 31.2 Å². The van der Waals surface area contributed by atoms with E-state index >= 15 is 0 Å². The van der Waals surface area contributed by atoms with Crippen molar-refractivity contribution in [3.63, 3.8) is 0 Å². The van der Waals surface area contributed by atoms with Crippen LogP contribution in [0.3, 0.4) is 0 Å². The molecule has 0 saturated heterocycles. The first-order chi connectivity index (χ1) is 10.9. The number of carbonyl (C=O) groups excluding carboxylic acids is 1. The van der Waals surface area contributed by atoms with E-state index in [-0.39, 0.29) is 22.9 Å². The van der Waals surface area contributed by atoms with Crippen molar-refractivity contribution >= 4 is 15.9 Å². The van der Waals surface area contributed by atoms with Gasteiger partial charge in [-0.1, -0.05) is 25.5 Å². The fourth-order valence-corrected chi connectivity index (χ4v) is 3.74. The maximum Gasteiger partial charge on any atom is 0.240 e. The summed E-state index contributed by atoms with van der Waals surface area (Å²) in [5.41, 5.74) is 0.966. The molecule has 0 spiro atoms. The van der Waals surface area contributed by atoms with Crippen molar-refractivity contribution in [2.75, 3.05) is 0 Å². The normalized spacial score (nSPS) is 16.1. The van der Waals surface area contributed by atoms with E-state index in [1.165, 1.54) is 0 Å². The Balaban J connectivity index is 1.84. The molecule has 1 amide bonds. The lowest BCUT2D eigenvalue weighted by molar-refractivity contribution is -0.121. The number of hydrogen-bond acceptors (Lipinski definition) is 3. The van der Waals surface area contributed by atoms with Gasteiger partial charge in [0.2, 0.25) is 15.9 Å². The smallest absolute Gasteiger partial charge is 0.240 e. The number of amides is 1. The van der Waals surface area contributed by atoms with E-state index < -0.39 is 10.0 Å². The number of sulfonamides is 1. The van der Waals surface area contributed by atoms with E-state index in [1.54, 1.807) is 24.3 Å². The predicted molar refractivity (Wildman–Crippen MR) is 90.6 cm³/mol. The molecule has 128 valence electrons. The first kappa shape index (κ1) is 17.9. The van der Waals surface area contributed by atoms with Crippen LogP contribution in [-0.4, -0.2) is 26.4 Å². The lowest BCUT2D eigenvalue weighted by Crippen LogP contribution is -2.32. The molecule has 0 bridgehead atoms. The summed E-state index contributed by atoms with van der Waals surface area (Å²) in [5, 5.41) is 2.97. The zero-order valence-corrected chi connectivity index (χ0v) is 14.7. The highest BCUT2D eigenvalue weighted by Crippen LogP contribution is 2.22. The van der Waals surface area contributed by atoms with E-state index in [2.05, 4.69) is 17.0 Å². The lowest BCUT2D eigenvalue weighted by Gasteiger charge is -2.12. The Morgan fingerprint density at radius 1 is 1.26 bits per heavy atom. The Hall–Kier alpha value is -1.40. The second-order valence-corrected chi connectivity index (χ2v) is 8.01. The van der Waals surface area contributed by atoms with Crippen molar-refractivity contribution in [2.45, 2.75) is 69.4 Å². The average Bonchev–Trinajstić information content (AvgIpc) is 3.29. The Kier molecular flexibility index (Phi) is 6.18. The molecular weight excluding hydrogens is 312 g/mol. The van der Waals surface area contributed by atoms with Gasteiger partial charge in [-0.2, -0.15) is 0 Å². The van der Waals surface area contributed by atoms with Crippen LogP contribution in [0.5, 0.6) is 0 Å². The Labute approximate surface area is 138 Å². The summed E-state index contributed by atoms with van der Waals surface area (Å²) in [6, 6.07) is 7.09. The molecule has 0 unspecified atom stereocenters. The quantitative estimate of drug-likeness (QED) is 0.726. The number of rotatable bonds is 9. The Morgan fingerprint density at radius 2 is 1.91 bits per heavy atom. The first-order valence-corrected chi connectivity index (χ1v) is 9.79. The van der Waals surface area contributed by atoms with Crippen molar-refractivity contribution < 1.29 is 13.2 Å². The highest BCUT2D eigenvalue weighted by atomic mass is 32.2. The molecule has 1 atom stereocenters. The molecule has 1 aliphatic rings. The van der Waals surface area contributed by atoms with E-state index in [4.69, 9.17) is 0 Å². The van der Waals surface area contributed by atoms with Gasteiger partial charge in [-0.15, -0.1) is 0 Å². The minimum atomic E-state index is -3.40. The largest absolute Gasteiger partial charge is 0.354 e. The molecule has 2 rings (SSSR count). The van der Waals surface area contributed by atoms with E-state index in [0.29, 0.717) is 12.8 Å². The summed E-state index contributed by atoms with van der Waals surface area (Å²) in [6.45, 7) is 4.10. The van der Waals surface area contributed by atoms with Crippen molar-refractivity contribution in [1.82, 2.24) is 10.0 Å². The summed E-state index contributed by atoms with van der Waals surface area (Å²) in [7, 11) is -3.40. The Morgan fingerprint density at radius 3 is 2.48 bits per heavy atom. The minimum Gasteiger partial charge on any atom is -0.354 e. The van der Waals surface area contributed by atoms with Crippen molar-refractivity contribution in [2.24, 2.45) is 0 Å². The van der Waals surface area contributed by atoms with Crippen LogP contribution in [0.2, 0.25) is 0 Å². The van der Waals surface area contributed by atoms with Crippen LogP contribution >= 0.6 is 0 Å². The summed E-state index contributed by atoms with van der Waals surface area (Å²) in [6.07, 6.45) is 4.89. The zero-order chi connectivity index (χ0) is 16.9. The lowest BCUT2D eigenvalue weighted by atomic mass is 10.1. The van der Waals surface area contributed by atoms with Gasteiger partial charge in [0.25, 0.3) is 0 Å². The van der Waals surface area contributed by atoms with Gasteiger partial charge in [-0.05, 0) is 50.3 Å². The summed E-state index contributed by atoms with van der Waals surface area (Å²) in [5.74, 6) is 0.0399. The van der Waals surface area contributed by atoms with Crippen LogP contribution < -0.4 is 10.0 Å². The summed E-state index contributed by atoms with van der Waals surface area (Å²) < 4.78 is 26.8. The fourth-order valence-electron chi connectivity index (χ4n) is 2.43. The fraction of sp³-hybridized carbons (Fsp3) is 0.588. The molecule has 0 heterocycles. The van der Waals surface area contributed by atoms with Crippen molar-refractivity contribution in [1.29, 1.82) is 0 Å². The van der Waals surface area contributed by atoms with Gasteiger partial charge < -0.3 is 5.32 Å². The van der Waals surface area contributed by atoms with Gasteiger partial charge in [0.05, 0.1) is 4.90 Å². The molecule has 1 aromatic rings. The third kappa shape index (κ3) is 5.95. The molecular formula is C17H26N2O3S. The van der Waals surface area contributed by atoms with Crippen LogP contribution in [0, 0.1) is 0 Å². The number of nitrogens with one attached hydrogen (secondary N) is 2. The second-order valence-electron chi connectivity index (χ2n) is 6.30. The van der Waals surface area contributed by atoms with Gasteiger partial charge in [-0.25, -0.2) is 13.1 Å². The molecule has 1 fully saturated rings. The highest BCUT2D eigenvalue weighted by Gasteiger charge is 2.27. The first-order valence-electron chi connectivity index (χ1n) is 8.31. The Bertz CT molecular complexity index is 622. The molecule has 1 aliphatic carbocycles. The molecule has 2 N–H and O–H groups in total. The molecule has 23 heavy (non-hydrogen) atoms. The third-order valence-corrected chi connectivity index (χ3v) is 5.44. The number of aryl methyl sites for hydroxylation is 1. The maximum atomic E-state index is 12.1. The molecule has 5 nitrogen and oxygen atoms in total. The van der Waals surface area contributed by atoms with E-state index in [1.807, 2.05) is 6.92 Å². The number of benzene rings is 1. The van der Waals surface area contributed by atoms with Crippen LogP contribution in [0.25, 0.3) is 0 Å². The van der Waals surface area contributed by atoms with Crippen molar-refractivity contribution in [3.05, 3.63) is 29.8 Å². The molecule has 6 heteroatoms. The number of carbonyl (C=O) groups is 1. The predicted octanol–water partition coefficient (Wildman–Crippen LogP) is 2.36. The zero-order valence-electron chi connectivity index (χ0n) is 13.8. The van der Waals surface area contributed by atoms with Crippen LogP contribution in [0.1, 0.15) is 51.5 Å². The topological polar surface area (TPSA) is 75.3 Å². The highest BCUT2D eigenvalue weighted by molar-refractivity contribution is 7.89. The molecule has 0 aliphatic heterocycles. The average molecular weight is 338 g/mol. The maximum absolute atomic E-state index is 12.1. The number of hydrogen-bond donors (Lipinski definition) is 2. The van der Waals surface area contributed by atoms with Gasteiger partial charge in [0, 0.05) is 18.5 Å². The van der Waals surface area contributed by atoms with Crippen LogP contribution in [-0.2, 0) is 21.2 Å². The van der Waals surface area contributed by atoms with Gasteiger partial charge in [0.1, 0.15) is 0 Å². The molecule has 1 aromatic carbocycles. The summed E-state index contributed by atoms with van der Waals surface area (Å²) >= 11 is 0. The van der Waals surface area contributed by atoms with Gasteiger partial charge in [0.15, 0.2) is 0 Å². The molecule has 0 radical (unpaired) electrons. The van der Waals surface area contributed by atoms with Gasteiger partial charge in [-0.3, -0.25) is 4.79 Å². The molecule has 1 saturated carbocycles. The van der Waals surface area contributed by atoms with E-state index in [9.17, 15) is 13.2 Å². The minimum absolute atomic E-state index is 0.0399. The second kappa shape index (κ2) is 7.93. The SMILES string of the molecule is CCC[C@@H](C)NC(=O)CCc1ccc(S(=O)(=O)NC2CC2)cc1. The molecule has 0 aromatic heterocycles. The third-order valence-electron chi connectivity index (χ3n) is 3.90. The van der Waals surface area contributed by atoms with Gasteiger partial charge >= 0.3 is 0 Å². The van der Waals surface area contributed by atoms with Crippen LogP contribution in [0.15, 0.2) is 29.2 Å².